The number of halogens is 2. The van der Waals surface area contributed by atoms with Gasteiger partial charge in [0.15, 0.2) is 0 Å². The maximum absolute atomic E-state index is 10.8. The van der Waals surface area contributed by atoms with Crippen LogP contribution in [0, 0.1) is 10.1 Å². The highest BCUT2D eigenvalue weighted by molar-refractivity contribution is 9.10. The molecule has 0 spiro atoms. The molecular weight excluding hydrogens is 388 g/mol. The Kier molecular flexibility index (Phi) is 4.77. The minimum atomic E-state index is -0.411. The molecular formula is C14H12Br2N2O2. The van der Waals surface area contributed by atoms with E-state index in [-0.39, 0.29) is 11.7 Å². The molecule has 6 heteroatoms. The zero-order valence-corrected chi connectivity index (χ0v) is 13.8. The Bertz CT molecular complexity index is 647. The molecule has 0 fully saturated rings. The van der Waals surface area contributed by atoms with E-state index in [9.17, 15) is 10.1 Å². The molecule has 4 nitrogen and oxygen atoms in total. The maximum Gasteiger partial charge on any atom is 0.283 e. The van der Waals surface area contributed by atoms with E-state index in [1.165, 1.54) is 6.07 Å². The smallest absolute Gasteiger partial charge is 0.283 e. The third kappa shape index (κ3) is 3.58. The Labute approximate surface area is 133 Å². The molecule has 0 bridgehead atoms. The van der Waals surface area contributed by atoms with Crippen LogP contribution in [0.4, 0.5) is 11.4 Å². The number of hydrogen-bond acceptors (Lipinski definition) is 3. The lowest BCUT2D eigenvalue weighted by Gasteiger charge is -2.16. The van der Waals surface area contributed by atoms with Gasteiger partial charge in [-0.15, -0.1) is 0 Å². The van der Waals surface area contributed by atoms with Crippen molar-refractivity contribution in [3.63, 3.8) is 0 Å². The van der Waals surface area contributed by atoms with Crippen LogP contribution in [0.3, 0.4) is 0 Å². The molecule has 0 saturated carbocycles. The van der Waals surface area contributed by atoms with Crippen LogP contribution in [0.5, 0.6) is 0 Å². The molecule has 1 atom stereocenters. The molecule has 0 aliphatic carbocycles. The van der Waals surface area contributed by atoms with Crippen LogP contribution in [0.2, 0.25) is 0 Å². The average Bonchev–Trinajstić information content (AvgIpc) is 2.38. The first kappa shape index (κ1) is 15.0. The molecule has 104 valence electrons. The van der Waals surface area contributed by atoms with Crippen molar-refractivity contribution in [1.29, 1.82) is 0 Å². The number of nitrogens with zero attached hydrogens (tertiary/aromatic N) is 1. The molecule has 0 amide bonds. The zero-order valence-electron chi connectivity index (χ0n) is 10.6. The van der Waals surface area contributed by atoms with Gasteiger partial charge in [0.1, 0.15) is 0 Å². The summed E-state index contributed by atoms with van der Waals surface area (Å²) in [5.41, 5.74) is 2.02. The first-order chi connectivity index (χ1) is 9.47. The molecule has 0 aliphatic rings. The van der Waals surface area contributed by atoms with Gasteiger partial charge in [-0.2, -0.15) is 0 Å². The Morgan fingerprint density at radius 3 is 2.55 bits per heavy atom. The fraction of sp³-hybridized carbons (Fsp3) is 0.143. The van der Waals surface area contributed by atoms with Gasteiger partial charge < -0.3 is 5.32 Å². The van der Waals surface area contributed by atoms with Crippen molar-refractivity contribution >= 4 is 43.2 Å². The van der Waals surface area contributed by atoms with Crippen LogP contribution in [-0.2, 0) is 0 Å². The van der Waals surface area contributed by atoms with Gasteiger partial charge in [-0.05, 0) is 52.7 Å². The van der Waals surface area contributed by atoms with E-state index in [0.717, 1.165) is 15.7 Å². The minimum absolute atomic E-state index is 0.0608. The summed E-state index contributed by atoms with van der Waals surface area (Å²) in [5.74, 6) is 0. The molecule has 2 aromatic carbocycles. The number of benzene rings is 2. The van der Waals surface area contributed by atoms with E-state index >= 15 is 0 Å². The van der Waals surface area contributed by atoms with Gasteiger partial charge in [0.05, 0.1) is 9.40 Å². The van der Waals surface area contributed by atoms with Gasteiger partial charge in [0, 0.05) is 22.3 Å². The average molecular weight is 400 g/mol. The monoisotopic (exact) mass is 398 g/mol. The number of nitro groups is 1. The van der Waals surface area contributed by atoms with Crippen LogP contribution >= 0.6 is 31.9 Å². The zero-order chi connectivity index (χ0) is 14.7. The summed E-state index contributed by atoms with van der Waals surface area (Å²) in [4.78, 5) is 10.4. The standard InChI is InChI=1S/C14H12Br2N2O2/c1-9(10-3-2-4-11(15)7-10)17-12-5-6-14(18(19)20)13(16)8-12/h2-9,17H,1H3. The summed E-state index contributed by atoms with van der Waals surface area (Å²) in [6.45, 7) is 2.04. The number of nitro benzene ring substituents is 1. The molecule has 2 rings (SSSR count). The highest BCUT2D eigenvalue weighted by atomic mass is 79.9. The predicted molar refractivity (Wildman–Crippen MR) is 87.0 cm³/mol. The summed E-state index contributed by atoms with van der Waals surface area (Å²) in [5, 5.41) is 14.1. The summed E-state index contributed by atoms with van der Waals surface area (Å²) >= 11 is 6.66. The van der Waals surface area contributed by atoms with Crippen molar-refractivity contribution in [3.8, 4) is 0 Å². The lowest BCUT2D eigenvalue weighted by molar-refractivity contribution is -0.385. The van der Waals surface area contributed by atoms with E-state index < -0.39 is 4.92 Å². The topological polar surface area (TPSA) is 55.2 Å². The van der Waals surface area contributed by atoms with Gasteiger partial charge in [-0.1, -0.05) is 28.1 Å². The number of anilines is 1. The van der Waals surface area contributed by atoms with E-state index in [0.29, 0.717) is 4.47 Å². The normalized spacial score (nSPS) is 11.9. The summed E-state index contributed by atoms with van der Waals surface area (Å²) in [6, 6.07) is 13.0. The summed E-state index contributed by atoms with van der Waals surface area (Å²) in [7, 11) is 0. The van der Waals surface area contributed by atoms with Crippen molar-refractivity contribution in [1.82, 2.24) is 0 Å². The summed E-state index contributed by atoms with van der Waals surface area (Å²) in [6.07, 6.45) is 0. The second-order valence-corrected chi connectivity index (χ2v) is 6.11. The number of hydrogen-bond donors (Lipinski definition) is 1. The third-order valence-electron chi connectivity index (χ3n) is 2.88. The molecule has 0 saturated heterocycles. The Balaban J connectivity index is 2.18. The van der Waals surface area contributed by atoms with Gasteiger partial charge >= 0.3 is 0 Å². The Morgan fingerprint density at radius 2 is 1.95 bits per heavy atom. The lowest BCUT2D eigenvalue weighted by Crippen LogP contribution is -2.06. The fourth-order valence-corrected chi connectivity index (χ4v) is 2.79. The van der Waals surface area contributed by atoms with Gasteiger partial charge in [0.2, 0.25) is 0 Å². The van der Waals surface area contributed by atoms with Crippen molar-refractivity contribution in [2.45, 2.75) is 13.0 Å². The molecule has 0 heterocycles. The largest absolute Gasteiger partial charge is 0.378 e. The quantitative estimate of drug-likeness (QED) is 0.561. The van der Waals surface area contributed by atoms with Crippen molar-refractivity contribution in [2.24, 2.45) is 0 Å². The minimum Gasteiger partial charge on any atom is -0.378 e. The van der Waals surface area contributed by atoms with E-state index in [4.69, 9.17) is 0 Å². The second kappa shape index (κ2) is 6.37. The van der Waals surface area contributed by atoms with E-state index in [1.54, 1.807) is 12.1 Å². The molecule has 0 aromatic heterocycles. The molecule has 1 unspecified atom stereocenters. The lowest BCUT2D eigenvalue weighted by atomic mass is 10.1. The van der Waals surface area contributed by atoms with Crippen molar-refractivity contribution < 1.29 is 4.92 Å². The molecule has 2 aromatic rings. The molecule has 1 N–H and O–H groups in total. The fourth-order valence-electron chi connectivity index (χ4n) is 1.85. The third-order valence-corrected chi connectivity index (χ3v) is 4.00. The van der Waals surface area contributed by atoms with Gasteiger partial charge in [-0.3, -0.25) is 10.1 Å². The van der Waals surface area contributed by atoms with Crippen molar-refractivity contribution in [2.75, 3.05) is 5.32 Å². The highest BCUT2D eigenvalue weighted by Gasteiger charge is 2.13. The van der Waals surface area contributed by atoms with E-state index in [1.807, 2.05) is 31.2 Å². The van der Waals surface area contributed by atoms with E-state index in [2.05, 4.69) is 37.2 Å². The number of nitrogens with one attached hydrogen (secondary N) is 1. The van der Waals surface area contributed by atoms with Crippen LogP contribution in [-0.4, -0.2) is 4.92 Å². The van der Waals surface area contributed by atoms with Crippen LogP contribution in [0.1, 0.15) is 18.5 Å². The second-order valence-electron chi connectivity index (χ2n) is 4.34. The van der Waals surface area contributed by atoms with Gasteiger partial charge in [-0.25, -0.2) is 0 Å². The maximum atomic E-state index is 10.8. The molecule has 0 aliphatic heterocycles. The predicted octanol–water partition coefficient (Wildman–Crippen LogP) is 5.29. The highest BCUT2D eigenvalue weighted by Crippen LogP contribution is 2.29. The van der Waals surface area contributed by atoms with Gasteiger partial charge in [0.25, 0.3) is 5.69 Å². The van der Waals surface area contributed by atoms with Crippen LogP contribution < -0.4 is 5.32 Å². The molecule has 20 heavy (non-hydrogen) atoms. The SMILES string of the molecule is CC(Nc1ccc([N+](=O)[O-])c(Br)c1)c1cccc(Br)c1. The summed E-state index contributed by atoms with van der Waals surface area (Å²) < 4.78 is 1.49. The Morgan fingerprint density at radius 1 is 1.20 bits per heavy atom. The molecule has 0 radical (unpaired) electrons. The van der Waals surface area contributed by atoms with Crippen LogP contribution in [0.15, 0.2) is 51.4 Å². The Hall–Kier alpha value is -1.40. The number of rotatable bonds is 4. The van der Waals surface area contributed by atoms with Crippen molar-refractivity contribution in [3.05, 3.63) is 67.1 Å². The first-order valence-electron chi connectivity index (χ1n) is 5.93. The first-order valence-corrected chi connectivity index (χ1v) is 7.52. The van der Waals surface area contributed by atoms with Crippen LogP contribution in [0.25, 0.3) is 0 Å².